The van der Waals surface area contributed by atoms with Crippen LogP contribution in [0.3, 0.4) is 0 Å². The lowest BCUT2D eigenvalue weighted by atomic mass is 10.1. The summed E-state index contributed by atoms with van der Waals surface area (Å²) in [5, 5.41) is 0. The second-order valence-corrected chi connectivity index (χ2v) is 5.56. The molecule has 0 aromatic heterocycles. The summed E-state index contributed by atoms with van der Waals surface area (Å²) in [5.74, 6) is 0. The van der Waals surface area contributed by atoms with Crippen molar-refractivity contribution in [1.29, 1.82) is 0 Å². The van der Waals surface area contributed by atoms with Gasteiger partial charge in [0.25, 0.3) is 0 Å². The highest BCUT2D eigenvalue weighted by Gasteiger charge is 2.28. The van der Waals surface area contributed by atoms with E-state index in [4.69, 9.17) is 5.73 Å². The van der Waals surface area contributed by atoms with Gasteiger partial charge in [-0.3, -0.25) is 9.80 Å². The van der Waals surface area contributed by atoms with Crippen molar-refractivity contribution >= 4 is 5.69 Å². The fourth-order valence-corrected chi connectivity index (χ4v) is 2.98. The summed E-state index contributed by atoms with van der Waals surface area (Å²) in [6, 6.07) is 7.18. The first kappa shape index (κ1) is 12.0. The van der Waals surface area contributed by atoms with Crippen LogP contribution >= 0.6 is 0 Å². The van der Waals surface area contributed by atoms with Gasteiger partial charge in [0.15, 0.2) is 0 Å². The molecule has 0 amide bonds. The van der Waals surface area contributed by atoms with Gasteiger partial charge in [0.2, 0.25) is 0 Å². The standard InChI is InChI=1S/C15H23N3/c1-2-18(13-6-7-13)9-8-17-10-12-4-3-5-15(16)14(12)11-17/h3-5,13H,2,6-11,16H2,1H3. The summed E-state index contributed by atoms with van der Waals surface area (Å²) >= 11 is 0. The first-order chi connectivity index (χ1) is 8.78. The van der Waals surface area contributed by atoms with Crippen LogP contribution in [0, 0.1) is 0 Å². The van der Waals surface area contributed by atoms with Crippen LogP contribution in [-0.2, 0) is 13.1 Å². The normalized spacial score (nSPS) is 19.4. The van der Waals surface area contributed by atoms with Crippen molar-refractivity contribution in [2.45, 2.75) is 38.9 Å². The molecule has 1 aliphatic heterocycles. The highest BCUT2D eigenvalue weighted by Crippen LogP contribution is 2.29. The summed E-state index contributed by atoms with van der Waals surface area (Å²) in [6.07, 6.45) is 2.81. The van der Waals surface area contributed by atoms with E-state index in [1.165, 1.54) is 43.6 Å². The zero-order valence-corrected chi connectivity index (χ0v) is 11.2. The molecule has 0 spiro atoms. The third-order valence-electron chi connectivity index (χ3n) is 4.26. The zero-order chi connectivity index (χ0) is 12.5. The lowest BCUT2D eigenvalue weighted by molar-refractivity contribution is 0.205. The molecule has 1 aliphatic carbocycles. The predicted octanol–water partition coefficient (Wildman–Crippen LogP) is 2.07. The van der Waals surface area contributed by atoms with Crippen LogP contribution in [0.1, 0.15) is 30.9 Å². The summed E-state index contributed by atoms with van der Waals surface area (Å²) < 4.78 is 0. The maximum Gasteiger partial charge on any atom is 0.0363 e. The number of hydrogen-bond donors (Lipinski definition) is 1. The van der Waals surface area contributed by atoms with E-state index in [0.29, 0.717) is 0 Å². The van der Waals surface area contributed by atoms with Crippen LogP contribution in [-0.4, -0.2) is 35.5 Å². The van der Waals surface area contributed by atoms with Crippen molar-refractivity contribution < 1.29 is 0 Å². The first-order valence-electron chi connectivity index (χ1n) is 7.10. The Morgan fingerprint density at radius 1 is 1.33 bits per heavy atom. The van der Waals surface area contributed by atoms with Crippen molar-refractivity contribution in [3.63, 3.8) is 0 Å². The van der Waals surface area contributed by atoms with Gasteiger partial charge in [-0.1, -0.05) is 19.1 Å². The summed E-state index contributed by atoms with van der Waals surface area (Å²) in [7, 11) is 0. The molecule has 3 nitrogen and oxygen atoms in total. The highest BCUT2D eigenvalue weighted by atomic mass is 15.2. The monoisotopic (exact) mass is 245 g/mol. The number of nitrogens with two attached hydrogens (primary N) is 1. The Balaban J connectivity index is 1.56. The number of anilines is 1. The van der Waals surface area contributed by atoms with Crippen molar-refractivity contribution in [2.24, 2.45) is 0 Å². The molecular weight excluding hydrogens is 222 g/mol. The second-order valence-electron chi connectivity index (χ2n) is 5.56. The molecule has 1 saturated carbocycles. The van der Waals surface area contributed by atoms with Gasteiger partial charge in [0, 0.05) is 37.9 Å². The van der Waals surface area contributed by atoms with Crippen LogP contribution in [0.4, 0.5) is 5.69 Å². The summed E-state index contributed by atoms with van der Waals surface area (Å²) in [4.78, 5) is 5.14. The quantitative estimate of drug-likeness (QED) is 0.806. The highest BCUT2D eigenvalue weighted by molar-refractivity contribution is 5.52. The Kier molecular flexibility index (Phi) is 3.27. The van der Waals surface area contributed by atoms with E-state index in [2.05, 4.69) is 28.9 Å². The fraction of sp³-hybridized carbons (Fsp3) is 0.600. The largest absolute Gasteiger partial charge is 0.398 e. The van der Waals surface area contributed by atoms with Gasteiger partial charge in [0.05, 0.1) is 0 Å². The molecule has 2 aliphatic rings. The number of likely N-dealkylation sites (N-methyl/N-ethyl adjacent to an activating group) is 1. The smallest absolute Gasteiger partial charge is 0.0363 e. The Hall–Kier alpha value is -1.06. The predicted molar refractivity (Wildman–Crippen MR) is 75.2 cm³/mol. The van der Waals surface area contributed by atoms with Crippen LogP contribution < -0.4 is 5.73 Å². The molecule has 2 N–H and O–H groups in total. The lowest BCUT2D eigenvalue weighted by Crippen LogP contribution is -2.34. The third-order valence-corrected chi connectivity index (χ3v) is 4.26. The average molecular weight is 245 g/mol. The van der Waals surface area contributed by atoms with Gasteiger partial charge in [-0.25, -0.2) is 0 Å². The number of benzene rings is 1. The van der Waals surface area contributed by atoms with Gasteiger partial charge in [0.1, 0.15) is 0 Å². The van der Waals surface area contributed by atoms with Crippen molar-refractivity contribution in [1.82, 2.24) is 9.80 Å². The molecule has 0 unspecified atom stereocenters. The van der Waals surface area contributed by atoms with E-state index >= 15 is 0 Å². The molecule has 0 bridgehead atoms. The summed E-state index contributed by atoms with van der Waals surface area (Å²) in [6.45, 7) is 7.93. The van der Waals surface area contributed by atoms with E-state index in [9.17, 15) is 0 Å². The lowest BCUT2D eigenvalue weighted by Gasteiger charge is -2.23. The molecule has 1 heterocycles. The van der Waals surface area contributed by atoms with Crippen molar-refractivity contribution in [3.8, 4) is 0 Å². The number of hydrogen-bond acceptors (Lipinski definition) is 3. The van der Waals surface area contributed by atoms with Crippen LogP contribution in [0.25, 0.3) is 0 Å². The minimum Gasteiger partial charge on any atom is -0.398 e. The molecule has 3 rings (SSSR count). The number of nitrogen functional groups attached to an aromatic ring is 1. The van der Waals surface area contributed by atoms with Crippen LogP contribution in [0.15, 0.2) is 18.2 Å². The molecule has 3 heteroatoms. The minimum absolute atomic E-state index is 0.880. The average Bonchev–Trinajstić information content (AvgIpc) is 3.10. The van der Waals surface area contributed by atoms with E-state index in [1.807, 2.05) is 6.07 Å². The maximum atomic E-state index is 6.04. The van der Waals surface area contributed by atoms with Crippen LogP contribution in [0.2, 0.25) is 0 Å². The maximum absolute atomic E-state index is 6.04. The minimum atomic E-state index is 0.880. The Labute approximate surface area is 110 Å². The molecule has 1 fully saturated rings. The van der Waals surface area contributed by atoms with Gasteiger partial charge in [-0.2, -0.15) is 0 Å². The summed E-state index contributed by atoms with van der Waals surface area (Å²) in [5.41, 5.74) is 9.77. The SMILES string of the molecule is CCN(CCN1Cc2cccc(N)c2C1)C1CC1. The second kappa shape index (κ2) is 4.90. The number of nitrogens with zero attached hydrogens (tertiary/aromatic N) is 2. The Morgan fingerprint density at radius 2 is 2.17 bits per heavy atom. The molecule has 98 valence electrons. The zero-order valence-electron chi connectivity index (χ0n) is 11.2. The third kappa shape index (κ3) is 2.38. The van der Waals surface area contributed by atoms with Gasteiger partial charge in [-0.15, -0.1) is 0 Å². The molecule has 0 saturated heterocycles. The van der Waals surface area contributed by atoms with Crippen molar-refractivity contribution in [2.75, 3.05) is 25.4 Å². The molecule has 0 atom stereocenters. The molecule has 1 aromatic rings. The van der Waals surface area contributed by atoms with Gasteiger partial charge in [-0.05, 0) is 36.6 Å². The van der Waals surface area contributed by atoms with Gasteiger partial charge < -0.3 is 5.73 Å². The van der Waals surface area contributed by atoms with E-state index in [1.54, 1.807) is 0 Å². The molecule has 0 radical (unpaired) electrons. The molecular formula is C15H23N3. The van der Waals surface area contributed by atoms with E-state index in [0.717, 1.165) is 24.8 Å². The van der Waals surface area contributed by atoms with E-state index < -0.39 is 0 Å². The number of fused-ring (bicyclic) bond motifs is 1. The fourth-order valence-electron chi connectivity index (χ4n) is 2.98. The van der Waals surface area contributed by atoms with Crippen LogP contribution in [0.5, 0.6) is 0 Å². The first-order valence-corrected chi connectivity index (χ1v) is 7.10. The van der Waals surface area contributed by atoms with Gasteiger partial charge >= 0.3 is 0 Å². The molecule has 1 aromatic carbocycles. The molecule has 18 heavy (non-hydrogen) atoms. The Bertz CT molecular complexity index is 426. The Morgan fingerprint density at radius 3 is 2.83 bits per heavy atom. The van der Waals surface area contributed by atoms with Crippen molar-refractivity contribution in [3.05, 3.63) is 29.3 Å². The van der Waals surface area contributed by atoms with E-state index in [-0.39, 0.29) is 0 Å². The number of rotatable bonds is 5. The topological polar surface area (TPSA) is 32.5 Å².